The summed E-state index contributed by atoms with van der Waals surface area (Å²) in [5, 5.41) is 9.36. The molecule has 1 N–H and O–H groups in total. The number of carbonyl (C=O) groups is 2. The SMILES string of the molecule is COC(=O)C(C)(Cc1cc(Br)cc2c1OCC2)C(=O)O. The quantitative estimate of drug-likeness (QED) is 0.670. The van der Waals surface area contributed by atoms with Gasteiger partial charge in [0.2, 0.25) is 0 Å². The molecule has 1 aliphatic heterocycles. The van der Waals surface area contributed by atoms with Crippen molar-refractivity contribution in [3.8, 4) is 5.75 Å². The second-order valence-corrected chi connectivity index (χ2v) is 5.87. The zero-order valence-electron chi connectivity index (χ0n) is 11.2. The van der Waals surface area contributed by atoms with Gasteiger partial charge in [0, 0.05) is 17.3 Å². The van der Waals surface area contributed by atoms with Gasteiger partial charge in [-0.3, -0.25) is 9.59 Å². The number of carboxylic acid groups (broad SMARTS) is 1. The lowest BCUT2D eigenvalue weighted by atomic mass is 9.83. The number of benzene rings is 1. The Morgan fingerprint density at radius 1 is 1.50 bits per heavy atom. The van der Waals surface area contributed by atoms with Crippen LogP contribution in [0.4, 0.5) is 0 Å². The van der Waals surface area contributed by atoms with Crippen LogP contribution in [0.25, 0.3) is 0 Å². The largest absolute Gasteiger partial charge is 0.493 e. The zero-order valence-corrected chi connectivity index (χ0v) is 12.8. The van der Waals surface area contributed by atoms with Crippen molar-refractivity contribution in [2.24, 2.45) is 5.41 Å². The van der Waals surface area contributed by atoms with E-state index in [1.807, 2.05) is 6.07 Å². The summed E-state index contributed by atoms with van der Waals surface area (Å²) in [6, 6.07) is 3.73. The molecule has 0 aliphatic carbocycles. The summed E-state index contributed by atoms with van der Waals surface area (Å²) >= 11 is 3.40. The minimum Gasteiger partial charge on any atom is -0.493 e. The maximum atomic E-state index is 11.8. The van der Waals surface area contributed by atoms with E-state index in [0.29, 0.717) is 17.9 Å². The number of halogens is 1. The number of carbonyl (C=O) groups excluding carboxylic acids is 1. The molecule has 20 heavy (non-hydrogen) atoms. The first kappa shape index (κ1) is 14.8. The van der Waals surface area contributed by atoms with E-state index >= 15 is 0 Å². The minimum atomic E-state index is -1.63. The van der Waals surface area contributed by atoms with Gasteiger partial charge < -0.3 is 14.6 Å². The van der Waals surface area contributed by atoms with Gasteiger partial charge >= 0.3 is 11.9 Å². The Morgan fingerprint density at radius 3 is 2.80 bits per heavy atom. The second-order valence-electron chi connectivity index (χ2n) is 4.96. The van der Waals surface area contributed by atoms with Gasteiger partial charge in [0.25, 0.3) is 0 Å². The number of methoxy groups -OCH3 is 1. The van der Waals surface area contributed by atoms with Gasteiger partial charge in [-0.1, -0.05) is 15.9 Å². The van der Waals surface area contributed by atoms with Crippen molar-refractivity contribution in [3.05, 3.63) is 27.7 Å². The lowest BCUT2D eigenvalue weighted by molar-refractivity contribution is -0.165. The van der Waals surface area contributed by atoms with E-state index in [0.717, 1.165) is 16.5 Å². The maximum absolute atomic E-state index is 11.8. The van der Waals surface area contributed by atoms with Crippen molar-refractivity contribution < 1.29 is 24.2 Å². The van der Waals surface area contributed by atoms with Crippen molar-refractivity contribution >= 4 is 27.9 Å². The summed E-state index contributed by atoms with van der Waals surface area (Å²) in [6.45, 7) is 1.93. The van der Waals surface area contributed by atoms with Gasteiger partial charge in [0.1, 0.15) is 5.75 Å². The average Bonchev–Trinajstić information content (AvgIpc) is 2.85. The number of rotatable bonds is 4. The van der Waals surface area contributed by atoms with Crippen LogP contribution < -0.4 is 4.74 Å². The number of aliphatic carboxylic acids is 1. The number of carboxylic acids is 1. The summed E-state index contributed by atoms with van der Waals surface area (Å²) < 4.78 is 11.0. The zero-order chi connectivity index (χ0) is 14.9. The van der Waals surface area contributed by atoms with Crippen molar-refractivity contribution in [1.82, 2.24) is 0 Å². The number of fused-ring (bicyclic) bond motifs is 1. The minimum absolute atomic E-state index is 0.0246. The highest BCUT2D eigenvalue weighted by molar-refractivity contribution is 9.10. The standard InChI is InChI=1S/C14H15BrO5/c1-14(12(16)17,13(18)19-2)7-9-6-10(15)5-8-3-4-20-11(8)9/h5-6H,3-4,7H2,1-2H3,(H,16,17). The number of hydrogen-bond acceptors (Lipinski definition) is 4. The molecule has 1 atom stereocenters. The molecule has 1 heterocycles. The Kier molecular flexibility index (Phi) is 4.04. The Labute approximate surface area is 125 Å². The average molecular weight is 343 g/mol. The van der Waals surface area contributed by atoms with Crippen LogP contribution in [0.3, 0.4) is 0 Å². The van der Waals surface area contributed by atoms with Crippen molar-refractivity contribution in [3.63, 3.8) is 0 Å². The first-order valence-electron chi connectivity index (χ1n) is 6.14. The van der Waals surface area contributed by atoms with Crippen LogP contribution in [0.15, 0.2) is 16.6 Å². The highest BCUT2D eigenvalue weighted by atomic mass is 79.9. The molecule has 0 saturated carbocycles. The van der Waals surface area contributed by atoms with Crippen LogP contribution in [-0.2, 0) is 27.2 Å². The van der Waals surface area contributed by atoms with E-state index in [-0.39, 0.29) is 6.42 Å². The highest BCUT2D eigenvalue weighted by Gasteiger charge is 2.43. The predicted octanol–water partition coefficient (Wildman–Crippen LogP) is 2.19. The monoisotopic (exact) mass is 342 g/mol. The van der Waals surface area contributed by atoms with E-state index in [1.54, 1.807) is 6.07 Å². The topological polar surface area (TPSA) is 72.8 Å². The van der Waals surface area contributed by atoms with E-state index in [1.165, 1.54) is 14.0 Å². The summed E-state index contributed by atoms with van der Waals surface area (Å²) in [4.78, 5) is 23.3. The summed E-state index contributed by atoms with van der Waals surface area (Å²) in [7, 11) is 1.19. The van der Waals surface area contributed by atoms with Crippen LogP contribution in [0, 0.1) is 5.41 Å². The van der Waals surface area contributed by atoms with Crippen LogP contribution in [-0.4, -0.2) is 30.8 Å². The number of hydrogen-bond donors (Lipinski definition) is 1. The first-order valence-corrected chi connectivity index (χ1v) is 6.93. The van der Waals surface area contributed by atoms with Gasteiger partial charge in [-0.2, -0.15) is 0 Å². The molecular formula is C14H15BrO5. The third-order valence-electron chi connectivity index (χ3n) is 3.48. The van der Waals surface area contributed by atoms with E-state index in [2.05, 4.69) is 20.7 Å². The first-order chi connectivity index (χ1) is 9.38. The van der Waals surface area contributed by atoms with E-state index in [9.17, 15) is 14.7 Å². The molecule has 5 nitrogen and oxygen atoms in total. The second kappa shape index (κ2) is 5.44. The van der Waals surface area contributed by atoms with Crippen LogP contribution in [0.5, 0.6) is 5.75 Å². The molecule has 0 spiro atoms. The third-order valence-corrected chi connectivity index (χ3v) is 3.94. The highest BCUT2D eigenvalue weighted by Crippen LogP contribution is 2.37. The van der Waals surface area contributed by atoms with Gasteiger partial charge in [0.05, 0.1) is 13.7 Å². The Balaban J connectivity index is 2.42. The van der Waals surface area contributed by atoms with Crippen molar-refractivity contribution in [2.45, 2.75) is 19.8 Å². The molecule has 0 bridgehead atoms. The normalized spacial score (nSPS) is 15.9. The Hall–Kier alpha value is -1.56. The fourth-order valence-corrected chi connectivity index (χ4v) is 2.87. The van der Waals surface area contributed by atoms with Crippen molar-refractivity contribution in [1.29, 1.82) is 0 Å². The fraction of sp³-hybridized carbons (Fsp3) is 0.429. The van der Waals surface area contributed by atoms with Gasteiger partial charge in [-0.15, -0.1) is 0 Å². The fourth-order valence-electron chi connectivity index (χ4n) is 2.32. The number of esters is 1. The molecule has 108 valence electrons. The maximum Gasteiger partial charge on any atom is 0.323 e. The summed E-state index contributed by atoms with van der Waals surface area (Å²) in [6.07, 6.45) is 0.806. The molecule has 6 heteroatoms. The molecule has 0 saturated heterocycles. The smallest absolute Gasteiger partial charge is 0.323 e. The molecule has 0 fully saturated rings. The van der Waals surface area contributed by atoms with E-state index < -0.39 is 17.4 Å². The van der Waals surface area contributed by atoms with Crippen molar-refractivity contribution in [2.75, 3.05) is 13.7 Å². The summed E-state index contributed by atoms with van der Waals surface area (Å²) in [5.41, 5.74) is 0.0871. The summed E-state index contributed by atoms with van der Waals surface area (Å²) in [5.74, 6) is -1.29. The number of ether oxygens (including phenoxy) is 2. The molecule has 0 aromatic heterocycles. The van der Waals surface area contributed by atoms with E-state index in [4.69, 9.17) is 4.74 Å². The third kappa shape index (κ3) is 2.52. The van der Waals surface area contributed by atoms with Crippen LogP contribution in [0.1, 0.15) is 18.1 Å². The Bertz CT molecular complexity index is 569. The predicted molar refractivity (Wildman–Crippen MR) is 74.8 cm³/mol. The van der Waals surface area contributed by atoms with Gasteiger partial charge in [0.15, 0.2) is 5.41 Å². The van der Waals surface area contributed by atoms with Crippen LogP contribution in [0.2, 0.25) is 0 Å². The molecular weight excluding hydrogens is 328 g/mol. The Morgan fingerprint density at radius 2 is 2.20 bits per heavy atom. The molecule has 2 rings (SSSR count). The van der Waals surface area contributed by atoms with Gasteiger partial charge in [-0.25, -0.2) is 0 Å². The molecule has 0 radical (unpaired) electrons. The molecule has 1 unspecified atom stereocenters. The lowest BCUT2D eigenvalue weighted by Crippen LogP contribution is -2.39. The molecule has 0 amide bonds. The molecule has 1 aromatic rings. The lowest BCUT2D eigenvalue weighted by Gasteiger charge is -2.23. The molecule has 1 aromatic carbocycles. The molecule has 1 aliphatic rings. The van der Waals surface area contributed by atoms with Crippen LogP contribution >= 0.6 is 15.9 Å². The van der Waals surface area contributed by atoms with Gasteiger partial charge in [-0.05, 0) is 30.2 Å².